The fourth-order valence-electron chi connectivity index (χ4n) is 3.37. The number of likely N-dealkylation sites (N-methyl/N-ethyl adjacent to an activating group) is 1. The number of hydrogen-bond acceptors (Lipinski definition) is 4. The van der Waals surface area contributed by atoms with E-state index in [1.807, 2.05) is 6.07 Å². The molecule has 0 radical (unpaired) electrons. The van der Waals surface area contributed by atoms with Crippen molar-refractivity contribution in [3.63, 3.8) is 0 Å². The molecule has 2 amide bonds. The van der Waals surface area contributed by atoms with Gasteiger partial charge in [-0.25, -0.2) is 8.78 Å². The van der Waals surface area contributed by atoms with Crippen LogP contribution in [0.4, 0.5) is 14.5 Å². The zero-order valence-electron chi connectivity index (χ0n) is 16.9. The van der Waals surface area contributed by atoms with E-state index >= 15 is 0 Å². The third kappa shape index (κ3) is 4.02. The van der Waals surface area contributed by atoms with Crippen molar-refractivity contribution in [2.75, 3.05) is 11.9 Å². The summed E-state index contributed by atoms with van der Waals surface area (Å²) in [7, 11) is 1.49. The number of rotatable bonds is 4. The monoisotopic (exact) mass is 433 g/mol. The number of anilines is 1. The van der Waals surface area contributed by atoms with E-state index < -0.39 is 29.2 Å². The molecule has 3 aromatic rings. The van der Waals surface area contributed by atoms with Crippen LogP contribution in [0.15, 0.2) is 66.5 Å². The first kappa shape index (κ1) is 21.0. The van der Waals surface area contributed by atoms with E-state index in [4.69, 9.17) is 0 Å². The van der Waals surface area contributed by atoms with E-state index in [9.17, 15) is 23.2 Å². The Balaban J connectivity index is 1.64. The summed E-state index contributed by atoms with van der Waals surface area (Å²) in [4.78, 5) is 43.6. The Morgan fingerprint density at radius 2 is 1.91 bits per heavy atom. The van der Waals surface area contributed by atoms with Crippen LogP contribution in [0, 0.1) is 11.6 Å². The Labute approximate surface area is 182 Å². The summed E-state index contributed by atoms with van der Waals surface area (Å²) >= 11 is 0. The second kappa shape index (κ2) is 8.50. The van der Waals surface area contributed by atoms with Crippen molar-refractivity contribution in [3.8, 4) is 0 Å². The van der Waals surface area contributed by atoms with Crippen LogP contribution in [0.2, 0.25) is 0 Å². The number of ketones is 1. The van der Waals surface area contributed by atoms with Gasteiger partial charge >= 0.3 is 0 Å². The van der Waals surface area contributed by atoms with Gasteiger partial charge in [-0.1, -0.05) is 12.1 Å². The minimum absolute atomic E-state index is 0.162. The number of pyridine rings is 1. The van der Waals surface area contributed by atoms with Crippen LogP contribution in [0.25, 0.3) is 6.08 Å². The lowest BCUT2D eigenvalue weighted by molar-refractivity contribution is -0.114. The van der Waals surface area contributed by atoms with Gasteiger partial charge in [-0.3, -0.25) is 19.4 Å². The van der Waals surface area contributed by atoms with Crippen molar-refractivity contribution < 1.29 is 23.2 Å². The summed E-state index contributed by atoms with van der Waals surface area (Å²) in [6.07, 6.45) is 4.47. The number of amides is 2. The summed E-state index contributed by atoms with van der Waals surface area (Å²) in [5, 5.41) is 2.76. The summed E-state index contributed by atoms with van der Waals surface area (Å²) in [5.41, 5.74) is 1.54. The molecule has 2 aromatic carbocycles. The molecule has 160 valence electrons. The molecule has 1 aliphatic heterocycles. The molecule has 0 unspecified atom stereocenters. The summed E-state index contributed by atoms with van der Waals surface area (Å²) in [6.45, 7) is 0.261. The Morgan fingerprint density at radius 1 is 1.09 bits per heavy atom. The number of benzene rings is 2. The van der Waals surface area contributed by atoms with Gasteiger partial charge in [-0.2, -0.15) is 0 Å². The Kier molecular flexibility index (Phi) is 5.59. The van der Waals surface area contributed by atoms with Gasteiger partial charge in [0, 0.05) is 37.1 Å². The van der Waals surface area contributed by atoms with Crippen LogP contribution >= 0.6 is 0 Å². The van der Waals surface area contributed by atoms with Crippen molar-refractivity contribution in [2.24, 2.45) is 0 Å². The van der Waals surface area contributed by atoms with Crippen LogP contribution in [0.5, 0.6) is 0 Å². The van der Waals surface area contributed by atoms with Gasteiger partial charge < -0.3 is 10.2 Å². The SMILES string of the molecule is CN1C(=O)/C(=C\c2ccc(F)c(F)c2)C(=O)c2cc(C(=O)NCc3cccnc3)ccc21. The van der Waals surface area contributed by atoms with Gasteiger partial charge in [0.1, 0.15) is 0 Å². The largest absolute Gasteiger partial charge is 0.348 e. The molecule has 1 N–H and O–H groups in total. The van der Waals surface area contributed by atoms with Crippen LogP contribution in [0.3, 0.4) is 0 Å². The molecule has 1 aromatic heterocycles. The molecular weight excluding hydrogens is 416 g/mol. The minimum atomic E-state index is -1.09. The number of nitrogens with one attached hydrogen (secondary N) is 1. The van der Waals surface area contributed by atoms with E-state index in [1.165, 1.54) is 42.3 Å². The Morgan fingerprint density at radius 3 is 2.62 bits per heavy atom. The van der Waals surface area contributed by atoms with E-state index in [-0.39, 0.29) is 28.8 Å². The highest BCUT2D eigenvalue weighted by molar-refractivity contribution is 6.36. The van der Waals surface area contributed by atoms with Crippen molar-refractivity contribution >= 4 is 29.4 Å². The Bertz CT molecular complexity index is 1270. The summed E-state index contributed by atoms with van der Waals surface area (Å²) in [5.74, 6) is -3.69. The number of halogens is 2. The number of carbonyl (C=O) groups is 3. The van der Waals surface area contributed by atoms with Crippen LogP contribution in [0.1, 0.15) is 31.8 Å². The fourth-order valence-corrected chi connectivity index (χ4v) is 3.37. The van der Waals surface area contributed by atoms with Gasteiger partial charge in [0.2, 0.25) is 5.78 Å². The number of Topliss-reactive ketones (excluding diaryl/α,β-unsaturated/α-hetero) is 1. The van der Waals surface area contributed by atoms with Gasteiger partial charge in [-0.15, -0.1) is 0 Å². The molecular formula is C24H17F2N3O3. The lowest BCUT2D eigenvalue weighted by atomic mass is 9.92. The van der Waals surface area contributed by atoms with Crippen molar-refractivity contribution in [1.82, 2.24) is 10.3 Å². The average molecular weight is 433 g/mol. The second-order valence-electron chi connectivity index (χ2n) is 7.20. The topological polar surface area (TPSA) is 79.4 Å². The molecule has 0 saturated heterocycles. The van der Waals surface area contributed by atoms with Crippen molar-refractivity contribution in [1.29, 1.82) is 0 Å². The second-order valence-corrected chi connectivity index (χ2v) is 7.20. The first-order valence-corrected chi connectivity index (χ1v) is 9.66. The molecule has 0 aliphatic carbocycles. The highest BCUT2D eigenvalue weighted by atomic mass is 19.2. The fraction of sp³-hybridized carbons (Fsp3) is 0.0833. The molecule has 2 heterocycles. The van der Waals surface area contributed by atoms with Gasteiger partial charge in [-0.05, 0) is 53.6 Å². The van der Waals surface area contributed by atoms with Crippen molar-refractivity contribution in [2.45, 2.75) is 6.54 Å². The van der Waals surface area contributed by atoms with Gasteiger partial charge in [0.05, 0.1) is 11.3 Å². The van der Waals surface area contributed by atoms with Crippen LogP contribution < -0.4 is 10.2 Å². The van der Waals surface area contributed by atoms with Crippen molar-refractivity contribution in [3.05, 3.63) is 100 Å². The molecule has 4 rings (SSSR count). The highest BCUT2D eigenvalue weighted by Crippen LogP contribution is 2.31. The van der Waals surface area contributed by atoms with Gasteiger partial charge in [0.15, 0.2) is 11.6 Å². The maximum Gasteiger partial charge on any atom is 0.262 e. The molecule has 0 fully saturated rings. The predicted molar refractivity (Wildman–Crippen MR) is 114 cm³/mol. The molecule has 0 saturated carbocycles. The van der Waals surface area contributed by atoms with E-state index in [0.29, 0.717) is 5.69 Å². The molecule has 0 bridgehead atoms. The minimum Gasteiger partial charge on any atom is -0.348 e. The number of nitrogens with zero attached hydrogens (tertiary/aromatic N) is 2. The molecule has 8 heteroatoms. The molecule has 32 heavy (non-hydrogen) atoms. The zero-order valence-corrected chi connectivity index (χ0v) is 16.9. The molecule has 1 aliphatic rings. The van der Waals surface area contributed by atoms with Crippen LogP contribution in [-0.2, 0) is 11.3 Å². The standard InChI is InChI=1S/C24H17F2N3O3/c1-29-21-7-5-16(23(31)28-13-15-3-2-8-27-12-15)11-17(21)22(30)18(24(29)32)9-14-4-6-19(25)20(26)10-14/h2-12H,13H2,1H3,(H,28,31)/b18-9-. The van der Waals surface area contributed by atoms with E-state index in [1.54, 1.807) is 18.5 Å². The first-order valence-electron chi connectivity index (χ1n) is 9.66. The lowest BCUT2D eigenvalue weighted by Gasteiger charge is -2.27. The number of aromatic nitrogens is 1. The quantitative estimate of drug-likeness (QED) is 0.504. The van der Waals surface area contributed by atoms with Crippen LogP contribution in [-0.4, -0.2) is 29.6 Å². The molecule has 0 atom stereocenters. The normalized spacial score (nSPS) is 14.5. The maximum atomic E-state index is 13.5. The Hall–Kier alpha value is -4.20. The third-order valence-electron chi connectivity index (χ3n) is 5.07. The highest BCUT2D eigenvalue weighted by Gasteiger charge is 2.33. The molecule has 0 spiro atoms. The number of fused-ring (bicyclic) bond motifs is 1. The van der Waals surface area contributed by atoms with E-state index in [2.05, 4.69) is 10.3 Å². The maximum absolute atomic E-state index is 13.5. The van der Waals surface area contributed by atoms with Gasteiger partial charge in [0.25, 0.3) is 11.8 Å². The predicted octanol–water partition coefficient (Wildman–Crippen LogP) is 3.53. The smallest absolute Gasteiger partial charge is 0.262 e. The average Bonchev–Trinajstić information content (AvgIpc) is 2.81. The van der Waals surface area contributed by atoms with E-state index in [0.717, 1.165) is 17.7 Å². The lowest BCUT2D eigenvalue weighted by Crippen LogP contribution is -2.37. The number of hydrogen-bond donors (Lipinski definition) is 1. The first-order chi connectivity index (χ1) is 15.3. The third-order valence-corrected chi connectivity index (χ3v) is 5.07. The summed E-state index contributed by atoms with van der Waals surface area (Å²) in [6, 6.07) is 11.1. The summed E-state index contributed by atoms with van der Waals surface area (Å²) < 4.78 is 26.7. The number of carbonyl (C=O) groups excluding carboxylic acids is 3. The zero-order chi connectivity index (χ0) is 22.8. The molecule has 6 nitrogen and oxygen atoms in total.